The topological polar surface area (TPSA) is 25.4 Å². The molecule has 2 heterocycles. The smallest absolute Gasteiger partial charge is 0.179 e. The molecule has 2 aliphatic rings. The van der Waals surface area contributed by atoms with Crippen LogP contribution in [0.15, 0.2) is 42.0 Å². The lowest BCUT2D eigenvalue weighted by Crippen LogP contribution is -2.29. The Balaban J connectivity index is 1.69. The first kappa shape index (κ1) is 11.1. The maximum Gasteiger partial charge on any atom is 0.179 e. The molecule has 0 saturated heterocycles. The van der Waals surface area contributed by atoms with Gasteiger partial charge in [0.25, 0.3) is 0 Å². The predicted molar refractivity (Wildman–Crippen MR) is 75.3 cm³/mol. The largest absolute Gasteiger partial charge is 0.466 e. The molecule has 1 fully saturated rings. The summed E-state index contributed by atoms with van der Waals surface area (Å²) in [4.78, 5) is 7.29. The highest BCUT2D eigenvalue weighted by Crippen LogP contribution is 2.43. The van der Waals surface area contributed by atoms with Crippen LogP contribution in [-0.2, 0) is 4.74 Å². The van der Waals surface area contributed by atoms with Crippen molar-refractivity contribution in [2.45, 2.75) is 19.1 Å². The molecule has 1 aromatic carbocycles. The van der Waals surface area contributed by atoms with Gasteiger partial charge in [0.1, 0.15) is 6.20 Å². The SMILES string of the molecule is [C]1=C(c2cncs2)OC(C2CC2)N1c1ccccc1. The number of benzene rings is 1. The minimum absolute atomic E-state index is 0.0968. The molecule has 1 aliphatic carbocycles. The van der Waals surface area contributed by atoms with E-state index in [1.807, 2.05) is 29.9 Å². The number of rotatable bonds is 3. The molecule has 1 unspecified atom stereocenters. The lowest BCUT2D eigenvalue weighted by Gasteiger charge is -2.23. The van der Waals surface area contributed by atoms with Gasteiger partial charge in [0.05, 0.1) is 10.4 Å². The van der Waals surface area contributed by atoms with Gasteiger partial charge in [-0.25, -0.2) is 0 Å². The maximum absolute atomic E-state index is 6.10. The number of para-hydroxylation sites is 1. The zero-order valence-electron chi connectivity index (χ0n) is 10.3. The Morgan fingerprint density at radius 3 is 2.79 bits per heavy atom. The third-order valence-corrected chi connectivity index (χ3v) is 4.20. The lowest BCUT2D eigenvalue weighted by molar-refractivity contribution is 0.169. The first-order valence-electron chi connectivity index (χ1n) is 6.45. The van der Waals surface area contributed by atoms with Crippen molar-refractivity contribution in [3.8, 4) is 0 Å². The molecule has 19 heavy (non-hydrogen) atoms. The Kier molecular flexibility index (Phi) is 2.55. The number of anilines is 1. The molecule has 2 aromatic rings. The Bertz CT molecular complexity index is 590. The highest BCUT2D eigenvalue weighted by molar-refractivity contribution is 7.10. The van der Waals surface area contributed by atoms with E-state index in [0.29, 0.717) is 5.92 Å². The highest BCUT2D eigenvalue weighted by atomic mass is 32.1. The van der Waals surface area contributed by atoms with Crippen LogP contribution in [0.25, 0.3) is 5.76 Å². The fourth-order valence-electron chi connectivity index (χ4n) is 2.30. The summed E-state index contributed by atoms with van der Waals surface area (Å²) in [5.74, 6) is 1.45. The van der Waals surface area contributed by atoms with Crippen LogP contribution >= 0.6 is 11.3 Å². The molecule has 3 nitrogen and oxygen atoms in total. The third-order valence-electron chi connectivity index (χ3n) is 3.43. The molecule has 1 atom stereocenters. The number of hydrogen-bond donors (Lipinski definition) is 0. The zero-order chi connectivity index (χ0) is 12.7. The van der Waals surface area contributed by atoms with Crippen molar-refractivity contribution >= 4 is 22.8 Å². The van der Waals surface area contributed by atoms with Gasteiger partial charge < -0.3 is 4.74 Å². The molecule has 0 bridgehead atoms. The molecule has 1 aromatic heterocycles. The van der Waals surface area contributed by atoms with Crippen LogP contribution in [0.4, 0.5) is 5.69 Å². The molecule has 0 spiro atoms. The van der Waals surface area contributed by atoms with Gasteiger partial charge in [-0.05, 0) is 25.0 Å². The maximum atomic E-state index is 6.10. The number of thiazole rings is 1. The molecule has 4 heteroatoms. The lowest BCUT2D eigenvalue weighted by atomic mass is 10.2. The van der Waals surface area contributed by atoms with E-state index in [9.17, 15) is 0 Å². The van der Waals surface area contributed by atoms with E-state index in [1.54, 1.807) is 11.3 Å². The van der Waals surface area contributed by atoms with E-state index < -0.39 is 0 Å². The van der Waals surface area contributed by atoms with Crippen molar-refractivity contribution in [1.29, 1.82) is 0 Å². The van der Waals surface area contributed by atoms with Gasteiger partial charge in [0.15, 0.2) is 12.0 Å². The van der Waals surface area contributed by atoms with E-state index in [-0.39, 0.29) is 6.23 Å². The summed E-state index contributed by atoms with van der Waals surface area (Å²) in [5, 5.41) is 0. The van der Waals surface area contributed by atoms with E-state index in [1.165, 1.54) is 12.8 Å². The summed E-state index contributed by atoms with van der Waals surface area (Å²) in [6, 6.07) is 10.3. The Morgan fingerprint density at radius 2 is 2.11 bits per heavy atom. The molecule has 95 valence electrons. The van der Waals surface area contributed by atoms with Crippen LogP contribution in [0, 0.1) is 12.1 Å². The van der Waals surface area contributed by atoms with Crippen molar-refractivity contribution in [2.75, 3.05) is 4.90 Å². The van der Waals surface area contributed by atoms with Gasteiger partial charge in [-0.15, -0.1) is 11.3 Å². The first-order chi connectivity index (χ1) is 9.42. The van der Waals surface area contributed by atoms with Crippen LogP contribution in [0.5, 0.6) is 0 Å². The van der Waals surface area contributed by atoms with E-state index in [4.69, 9.17) is 4.74 Å². The fourth-order valence-corrected chi connectivity index (χ4v) is 2.86. The minimum atomic E-state index is 0.0968. The fraction of sp³-hybridized carbons (Fsp3) is 0.267. The Hall–Kier alpha value is -1.81. The normalized spacial score (nSPS) is 22.2. The second-order valence-electron chi connectivity index (χ2n) is 4.86. The summed E-state index contributed by atoms with van der Waals surface area (Å²) in [6.45, 7) is 0. The summed E-state index contributed by atoms with van der Waals surface area (Å²) in [6.07, 6.45) is 7.80. The summed E-state index contributed by atoms with van der Waals surface area (Å²) < 4.78 is 6.10. The van der Waals surface area contributed by atoms with Gasteiger partial charge in [0.2, 0.25) is 0 Å². The average molecular weight is 269 g/mol. The van der Waals surface area contributed by atoms with Crippen molar-refractivity contribution in [2.24, 2.45) is 5.92 Å². The molecule has 0 amide bonds. The van der Waals surface area contributed by atoms with Gasteiger partial charge in [-0.2, -0.15) is 0 Å². The van der Waals surface area contributed by atoms with Gasteiger partial charge in [0, 0.05) is 17.8 Å². The molecular weight excluding hydrogens is 256 g/mol. The first-order valence-corrected chi connectivity index (χ1v) is 7.33. The van der Waals surface area contributed by atoms with Crippen LogP contribution in [0.2, 0.25) is 0 Å². The predicted octanol–water partition coefficient (Wildman–Crippen LogP) is 3.52. The molecule has 1 saturated carbocycles. The van der Waals surface area contributed by atoms with Crippen molar-refractivity contribution < 1.29 is 4.74 Å². The van der Waals surface area contributed by atoms with E-state index in [0.717, 1.165) is 16.3 Å². The van der Waals surface area contributed by atoms with E-state index >= 15 is 0 Å². The monoisotopic (exact) mass is 269 g/mol. The summed E-state index contributed by atoms with van der Waals surface area (Å²) in [5.41, 5.74) is 2.96. The highest BCUT2D eigenvalue weighted by Gasteiger charge is 2.41. The number of aromatic nitrogens is 1. The zero-order valence-corrected chi connectivity index (χ0v) is 11.1. The quantitative estimate of drug-likeness (QED) is 0.852. The third kappa shape index (κ3) is 2.02. The van der Waals surface area contributed by atoms with Crippen molar-refractivity contribution in [3.05, 3.63) is 53.1 Å². The molecule has 1 radical (unpaired) electrons. The second kappa shape index (κ2) is 4.38. The number of nitrogens with zero attached hydrogens (tertiary/aromatic N) is 2. The molecular formula is C15H13N2OS. The van der Waals surface area contributed by atoms with Crippen molar-refractivity contribution in [3.63, 3.8) is 0 Å². The summed E-state index contributed by atoms with van der Waals surface area (Å²) >= 11 is 1.59. The molecule has 1 aliphatic heterocycles. The number of ether oxygens (including phenoxy) is 1. The molecule has 4 rings (SSSR count). The van der Waals surface area contributed by atoms with Crippen molar-refractivity contribution in [1.82, 2.24) is 4.98 Å². The Morgan fingerprint density at radius 1 is 1.26 bits per heavy atom. The minimum Gasteiger partial charge on any atom is -0.466 e. The van der Waals surface area contributed by atoms with Crippen LogP contribution in [0.1, 0.15) is 17.7 Å². The van der Waals surface area contributed by atoms with Gasteiger partial charge >= 0.3 is 0 Å². The summed E-state index contributed by atoms with van der Waals surface area (Å²) in [7, 11) is 0. The molecule has 0 N–H and O–H groups in total. The van der Waals surface area contributed by atoms with Crippen LogP contribution in [-0.4, -0.2) is 11.2 Å². The number of hydrogen-bond acceptors (Lipinski definition) is 4. The second-order valence-corrected chi connectivity index (χ2v) is 5.74. The van der Waals surface area contributed by atoms with Crippen LogP contribution < -0.4 is 4.90 Å². The van der Waals surface area contributed by atoms with E-state index in [2.05, 4.69) is 28.2 Å². The van der Waals surface area contributed by atoms with Gasteiger partial charge in [-0.1, -0.05) is 18.2 Å². The van der Waals surface area contributed by atoms with Crippen LogP contribution in [0.3, 0.4) is 0 Å². The standard InChI is InChI=1S/C15H13N2OS/c1-2-4-12(5-3-1)17-9-13(14-8-16-10-19-14)18-15(17)11-6-7-11/h1-5,8,10-11,15H,6-7H2. The van der Waals surface area contributed by atoms with Gasteiger partial charge in [-0.3, -0.25) is 9.88 Å². The Labute approximate surface area is 116 Å². The average Bonchev–Trinajstić information content (AvgIpc) is 3.00.